The predicted octanol–water partition coefficient (Wildman–Crippen LogP) is 6.82. The van der Waals surface area contributed by atoms with Gasteiger partial charge in [0.1, 0.15) is 0 Å². The summed E-state index contributed by atoms with van der Waals surface area (Å²) in [6, 6.07) is 33.6. The fraction of sp³-hybridized carbons (Fsp3) is 0.214. The Bertz CT molecular complexity index is 1100. The van der Waals surface area contributed by atoms with Gasteiger partial charge in [-0.15, -0.1) is 0 Å². The van der Waals surface area contributed by atoms with E-state index in [2.05, 4.69) is 112 Å². The first-order valence-electron chi connectivity index (χ1n) is 10.6. The van der Waals surface area contributed by atoms with E-state index in [9.17, 15) is 0 Å². The monoisotopic (exact) mass is 392 g/mol. The molecule has 4 rings (SSSR count). The third kappa shape index (κ3) is 4.33. The molecule has 0 N–H and O–H groups in total. The summed E-state index contributed by atoms with van der Waals surface area (Å²) in [5.41, 5.74) is 6.63. The zero-order valence-corrected chi connectivity index (χ0v) is 17.9. The highest BCUT2D eigenvalue weighted by atomic mass is 14.8. The minimum atomic E-state index is -0.133. The molecule has 2 heterocycles. The highest BCUT2D eigenvalue weighted by Crippen LogP contribution is 2.30. The molecular weight excluding hydrogens is 364 g/mol. The van der Waals surface area contributed by atoms with E-state index in [0.29, 0.717) is 0 Å². The van der Waals surface area contributed by atoms with Crippen molar-refractivity contribution in [3.63, 3.8) is 0 Å². The number of benzene rings is 2. The Morgan fingerprint density at radius 3 is 2.10 bits per heavy atom. The molecule has 0 saturated carbocycles. The fourth-order valence-electron chi connectivity index (χ4n) is 3.86. The van der Waals surface area contributed by atoms with Crippen LogP contribution in [0.1, 0.15) is 49.3 Å². The minimum absolute atomic E-state index is 0.133. The van der Waals surface area contributed by atoms with Crippen LogP contribution < -0.4 is 0 Å². The molecule has 2 aromatic carbocycles. The molecule has 30 heavy (non-hydrogen) atoms. The van der Waals surface area contributed by atoms with Crippen molar-refractivity contribution >= 4 is 0 Å². The first kappa shape index (κ1) is 20.0. The lowest BCUT2D eigenvalue weighted by Gasteiger charge is -2.25. The van der Waals surface area contributed by atoms with Gasteiger partial charge >= 0.3 is 0 Å². The zero-order valence-electron chi connectivity index (χ0n) is 17.9. The van der Waals surface area contributed by atoms with E-state index in [0.717, 1.165) is 34.8 Å². The first-order valence-corrected chi connectivity index (χ1v) is 10.6. The summed E-state index contributed by atoms with van der Waals surface area (Å²) in [5.74, 6) is 0.288. The summed E-state index contributed by atoms with van der Waals surface area (Å²) in [6.45, 7) is 6.71. The quantitative estimate of drug-likeness (QED) is 0.360. The van der Waals surface area contributed by atoms with Gasteiger partial charge in [0.25, 0.3) is 0 Å². The molecule has 4 aromatic rings. The Hall–Kier alpha value is -3.26. The van der Waals surface area contributed by atoms with Crippen LogP contribution in [0.5, 0.6) is 0 Å². The van der Waals surface area contributed by atoms with Gasteiger partial charge in [0, 0.05) is 28.3 Å². The van der Waals surface area contributed by atoms with Crippen molar-refractivity contribution in [1.29, 1.82) is 0 Å². The van der Waals surface area contributed by atoms with Crippen LogP contribution in [0.25, 0.3) is 11.3 Å². The van der Waals surface area contributed by atoms with Crippen LogP contribution >= 0.6 is 0 Å². The average molecular weight is 393 g/mol. The van der Waals surface area contributed by atoms with Crippen molar-refractivity contribution in [3.05, 3.63) is 120 Å². The normalized spacial score (nSPS) is 12.5. The van der Waals surface area contributed by atoms with E-state index in [1.54, 1.807) is 0 Å². The van der Waals surface area contributed by atoms with Crippen LogP contribution in [0.3, 0.4) is 0 Å². The van der Waals surface area contributed by atoms with E-state index in [-0.39, 0.29) is 11.3 Å². The fourth-order valence-corrected chi connectivity index (χ4v) is 3.86. The molecule has 1 unspecified atom stereocenters. The average Bonchev–Trinajstić information content (AvgIpc) is 2.80. The second-order valence-corrected chi connectivity index (χ2v) is 8.42. The highest BCUT2D eigenvalue weighted by molar-refractivity contribution is 5.58. The number of rotatable bonds is 6. The maximum Gasteiger partial charge on any atom is 0.0705 e. The van der Waals surface area contributed by atoms with Gasteiger partial charge in [0.15, 0.2) is 0 Å². The Balaban J connectivity index is 1.56. The van der Waals surface area contributed by atoms with Crippen LogP contribution in [-0.4, -0.2) is 9.97 Å². The van der Waals surface area contributed by atoms with Gasteiger partial charge in [0.05, 0.1) is 11.4 Å². The van der Waals surface area contributed by atoms with Crippen LogP contribution in [0, 0.1) is 0 Å². The third-order valence-corrected chi connectivity index (χ3v) is 5.80. The summed E-state index contributed by atoms with van der Waals surface area (Å²) in [7, 11) is 0. The van der Waals surface area contributed by atoms with Crippen LogP contribution in [0.15, 0.2) is 97.1 Å². The summed E-state index contributed by atoms with van der Waals surface area (Å²) in [6.07, 6.45) is 0.865. The standard InChI is InChI=1S/C28H28N2/c1-21(25-17-11-18-26(30-25)22-12-6-4-7-13-22)20-24-16-10-19-27(29-24)28(2,3)23-14-8-5-9-15-23/h4-19,21H,20H2,1-3H3. The van der Waals surface area contributed by atoms with Crippen LogP contribution in [0.2, 0.25) is 0 Å². The lowest BCUT2D eigenvalue weighted by molar-refractivity contribution is 0.607. The summed E-state index contributed by atoms with van der Waals surface area (Å²) >= 11 is 0. The zero-order chi connectivity index (χ0) is 21.0. The Morgan fingerprint density at radius 2 is 1.37 bits per heavy atom. The largest absolute Gasteiger partial charge is 0.257 e. The molecule has 2 nitrogen and oxygen atoms in total. The SMILES string of the molecule is CC(Cc1cccc(C(C)(C)c2ccccc2)n1)c1cccc(-c2ccccc2)n1. The smallest absolute Gasteiger partial charge is 0.0705 e. The molecule has 1 atom stereocenters. The van der Waals surface area contributed by atoms with E-state index in [1.807, 2.05) is 6.07 Å². The number of pyridine rings is 2. The van der Waals surface area contributed by atoms with Gasteiger partial charge in [-0.2, -0.15) is 0 Å². The van der Waals surface area contributed by atoms with Crippen molar-refractivity contribution in [2.45, 2.75) is 38.5 Å². The first-order chi connectivity index (χ1) is 14.5. The summed E-state index contributed by atoms with van der Waals surface area (Å²) in [4.78, 5) is 9.97. The van der Waals surface area contributed by atoms with Gasteiger partial charge in [-0.05, 0) is 36.2 Å². The molecule has 0 radical (unpaired) electrons. The number of hydrogen-bond acceptors (Lipinski definition) is 2. The topological polar surface area (TPSA) is 25.8 Å². The Labute approximate surface area is 179 Å². The lowest BCUT2D eigenvalue weighted by Crippen LogP contribution is -2.21. The van der Waals surface area contributed by atoms with E-state index in [4.69, 9.17) is 9.97 Å². The molecule has 0 saturated heterocycles. The van der Waals surface area contributed by atoms with Crippen LogP contribution in [-0.2, 0) is 11.8 Å². The van der Waals surface area contributed by atoms with Gasteiger partial charge in [-0.1, -0.05) is 93.6 Å². The Kier molecular flexibility index (Phi) is 5.76. The number of hydrogen-bond donors (Lipinski definition) is 0. The van der Waals surface area contributed by atoms with Crippen molar-refractivity contribution in [2.75, 3.05) is 0 Å². The van der Waals surface area contributed by atoms with Gasteiger partial charge in [-0.3, -0.25) is 9.97 Å². The van der Waals surface area contributed by atoms with Crippen molar-refractivity contribution < 1.29 is 0 Å². The highest BCUT2D eigenvalue weighted by Gasteiger charge is 2.24. The molecule has 0 aliphatic heterocycles. The molecular formula is C28H28N2. The minimum Gasteiger partial charge on any atom is -0.257 e. The van der Waals surface area contributed by atoms with Gasteiger partial charge in [-0.25, -0.2) is 0 Å². The van der Waals surface area contributed by atoms with Crippen molar-refractivity contribution in [2.24, 2.45) is 0 Å². The molecule has 150 valence electrons. The van der Waals surface area contributed by atoms with Crippen LogP contribution in [0.4, 0.5) is 0 Å². The second kappa shape index (κ2) is 8.62. The van der Waals surface area contributed by atoms with Gasteiger partial charge < -0.3 is 0 Å². The van der Waals surface area contributed by atoms with E-state index >= 15 is 0 Å². The van der Waals surface area contributed by atoms with Gasteiger partial charge in [0.2, 0.25) is 0 Å². The molecule has 0 bridgehead atoms. The van der Waals surface area contributed by atoms with E-state index < -0.39 is 0 Å². The maximum absolute atomic E-state index is 5.04. The summed E-state index contributed by atoms with van der Waals surface area (Å²) < 4.78 is 0. The molecule has 2 heteroatoms. The third-order valence-electron chi connectivity index (χ3n) is 5.80. The number of aromatic nitrogens is 2. The van der Waals surface area contributed by atoms with E-state index in [1.165, 1.54) is 5.56 Å². The predicted molar refractivity (Wildman–Crippen MR) is 125 cm³/mol. The molecule has 0 spiro atoms. The second-order valence-electron chi connectivity index (χ2n) is 8.42. The Morgan fingerprint density at radius 1 is 0.700 bits per heavy atom. The summed E-state index contributed by atoms with van der Waals surface area (Å²) in [5, 5.41) is 0. The maximum atomic E-state index is 5.04. The molecule has 0 aliphatic rings. The lowest BCUT2D eigenvalue weighted by atomic mass is 9.81. The number of nitrogens with zero attached hydrogens (tertiary/aromatic N) is 2. The molecule has 0 aliphatic carbocycles. The molecule has 2 aromatic heterocycles. The van der Waals surface area contributed by atoms with Crippen molar-refractivity contribution in [3.8, 4) is 11.3 Å². The molecule has 0 fully saturated rings. The molecule has 0 amide bonds. The van der Waals surface area contributed by atoms with Crippen molar-refractivity contribution in [1.82, 2.24) is 9.97 Å².